The minimum Gasteiger partial charge on any atom is -0.474 e. The Morgan fingerprint density at radius 1 is 1.19 bits per heavy atom. The van der Waals surface area contributed by atoms with E-state index in [4.69, 9.17) is 4.74 Å². The van der Waals surface area contributed by atoms with Crippen LogP contribution in [0.3, 0.4) is 0 Å². The van der Waals surface area contributed by atoms with E-state index in [1.165, 1.54) is 12.8 Å². The van der Waals surface area contributed by atoms with E-state index >= 15 is 0 Å². The molecule has 160 valence electrons. The van der Waals surface area contributed by atoms with Gasteiger partial charge in [0.1, 0.15) is 0 Å². The van der Waals surface area contributed by atoms with Gasteiger partial charge >= 0.3 is 0 Å². The van der Waals surface area contributed by atoms with E-state index in [0.717, 1.165) is 22.2 Å². The van der Waals surface area contributed by atoms with Crippen molar-refractivity contribution in [2.75, 3.05) is 4.72 Å². The normalized spacial score (nSPS) is 13.1. The highest BCUT2D eigenvalue weighted by atomic mass is 32.2. The third-order valence-corrected chi connectivity index (χ3v) is 5.68. The molecule has 0 aliphatic heterocycles. The summed E-state index contributed by atoms with van der Waals surface area (Å²) in [5.41, 5.74) is 3.95. The summed E-state index contributed by atoms with van der Waals surface area (Å²) in [5.74, 6) is 0.330. The second-order valence-corrected chi connectivity index (χ2v) is 8.73. The number of hydrogen-bond donors (Lipinski definition) is 2. The molecule has 2 N–H and O–H groups in total. The predicted octanol–water partition coefficient (Wildman–Crippen LogP) is 4.48. The van der Waals surface area contributed by atoms with Crippen LogP contribution >= 0.6 is 11.9 Å². The van der Waals surface area contributed by atoms with Gasteiger partial charge in [-0.15, -0.1) is 0 Å². The Labute approximate surface area is 186 Å². The molecule has 2 aromatic heterocycles. The summed E-state index contributed by atoms with van der Waals surface area (Å²) < 4.78 is 8.95. The number of ether oxygens (including phenoxy) is 1. The fourth-order valence-electron chi connectivity index (χ4n) is 2.83. The number of anilines is 1. The van der Waals surface area contributed by atoms with Crippen LogP contribution < -0.4 is 14.8 Å². The van der Waals surface area contributed by atoms with Crippen molar-refractivity contribution in [3.05, 3.63) is 66.2 Å². The minimum atomic E-state index is -0.151. The van der Waals surface area contributed by atoms with Crippen LogP contribution in [0.25, 0.3) is 11.3 Å². The lowest BCUT2D eigenvalue weighted by atomic mass is 10.1. The monoisotopic (exact) mass is 435 g/mol. The molecule has 1 aromatic carbocycles. The van der Waals surface area contributed by atoms with Gasteiger partial charge in [-0.2, -0.15) is 0 Å². The highest BCUT2D eigenvalue weighted by Gasteiger charge is 2.22. The number of nitrogens with one attached hydrogen (secondary N) is 2. The Morgan fingerprint density at radius 3 is 2.74 bits per heavy atom. The van der Waals surface area contributed by atoms with Crippen LogP contribution in [-0.2, 0) is 6.54 Å². The van der Waals surface area contributed by atoms with E-state index in [1.807, 2.05) is 38.1 Å². The Bertz CT molecular complexity index is 1040. The van der Waals surface area contributed by atoms with Gasteiger partial charge in [0.2, 0.25) is 5.88 Å². The van der Waals surface area contributed by atoms with Crippen molar-refractivity contribution >= 4 is 23.5 Å². The van der Waals surface area contributed by atoms with Gasteiger partial charge < -0.3 is 14.8 Å². The maximum atomic E-state index is 12.5. The maximum absolute atomic E-state index is 12.5. The van der Waals surface area contributed by atoms with Crippen molar-refractivity contribution in [2.24, 2.45) is 0 Å². The zero-order valence-electron chi connectivity index (χ0n) is 17.5. The van der Waals surface area contributed by atoms with Crippen molar-refractivity contribution in [1.82, 2.24) is 20.3 Å². The van der Waals surface area contributed by atoms with Crippen LogP contribution in [0.1, 0.15) is 42.7 Å². The van der Waals surface area contributed by atoms with Crippen molar-refractivity contribution in [3.8, 4) is 17.1 Å². The number of aromatic nitrogens is 3. The number of carbonyl (C=O) groups is 1. The summed E-state index contributed by atoms with van der Waals surface area (Å²) in [6, 6.07) is 11.2. The average Bonchev–Trinajstić information content (AvgIpc) is 3.61. The van der Waals surface area contributed by atoms with Crippen LogP contribution in [0.4, 0.5) is 5.69 Å². The van der Waals surface area contributed by atoms with E-state index in [9.17, 15) is 4.79 Å². The predicted molar refractivity (Wildman–Crippen MR) is 123 cm³/mol. The van der Waals surface area contributed by atoms with Crippen LogP contribution in [-0.4, -0.2) is 32.2 Å². The number of nitrogens with zero attached hydrogens (tertiary/aromatic N) is 3. The topological polar surface area (TPSA) is 89.0 Å². The Morgan fingerprint density at radius 2 is 2.00 bits per heavy atom. The summed E-state index contributed by atoms with van der Waals surface area (Å²) in [4.78, 5) is 25.5. The van der Waals surface area contributed by atoms with Crippen LogP contribution in [0.2, 0.25) is 0 Å². The number of amides is 1. The summed E-state index contributed by atoms with van der Waals surface area (Å²) in [5, 5.41) is 3.64. The smallest absolute Gasteiger partial charge is 0.251 e. The fourth-order valence-corrected chi connectivity index (χ4v) is 3.63. The Kier molecular flexibility index (Phi) is 6.66. The standard InChI is InChI=1S/C23H25N5O2S/c1-15(2)30-22-14-24-13-21(27-22)16-3-5-17(6-4-16)23(29)26-12-19-11-18(9-10-25-19)28-31-20-7-8-20/h3-6,9-11,13-15,20H,7-8,12H2,1-2H3,(H,25,28)(H,26,29). The molecule has 1 aliphatic carbocycles. The first-order chi connectivity index (χ1) is 15.1. The molecule has 1 fully saturated rings. The molecule has 0 atom stereocenters. The van der Waals surface area contributed by atoms with E-state index in [2.05, 4.69) is 25.0 Å². The molecule has 4 rings (SSSR count). The van der Waals surface area contributed by atoms with Crippen LogP contribution in [0.15, 0.2) is 55.0 Å². The lowest BCUT2D eigenvalue weighted by Crippen LogP contribution is -2.23. The molecular formula is C23H25N5O2S. The second kappa shape index (κ2) is 9.78. The molecular weight excluding hydrogens is 410 g/mol. The number of rotatable bonds is 9. The van der Waals surface area contributed by atoms with E-state index in [1.54, 1.807) is 42.7 Å². The first kappa shape index (κ1) is 21.1. The maximum Gasteiger partial charge on any atom is 0.251 e. The second-order valence-electron chi connectivity index (χ2n) is 7.62. The molecule has 8 heteroatoms. The lowest BCUT2D eigenvalue weighted by Gasteiger charge is -2.10. The molecule has 0 unspecified atom stereocenters. The molecule has 3 aromatic rings. The van der Waals surface area contributed by atoms with Crippen LogP contribution in [0, 0.1) is 0 Å². The van der Waals surface area contributed by atoms with Gasteiger partial charge in [0, 0.05) is 28.3 Å². The first-order valence-corrected chi connectivity index (χ1v) is 11.2. The van der Waals surface area contributed by atoms with Crippen molar-refractivity contribution in [1.29, 1.82) is 0 Å². The van der Waals surface area contributed by atoms with Gasteiger partial charge in [0.05, 0.1) is 36.4 Å². The minimum absolute atomic E-state index is 0.0264. The van der Waals surface area contributed by atoms with Crippen molar-refractivity contribution in [2.45, 2.75) is 44.6 Å². The third-order valence-electron chi connectivity index (χ3n) is 4.53. The van der Waals surface area contributed by atoms with Gasteiger partial charge in [-0.1, -0.05) is 12.1 Å². The zero-order valence-corrected chi connectivity index (χ0v) is 18.4. The molecule has 1 amide bonds. The molecule has 1 aliphatic rings. The number of hydrogen-bond acceptors (Lipinski definition) is 7. The largest absolute Gasteiger partial charge is 0.474 e. The van der Waals surface area contributed by atoms with E-state index in [0.29, 0.717) is 23.7 Å². The van der Waals surface area contributed by atoms with E-state index in [-0.39, 0.29) is 12.0 Å². The average molecular weight is 436 g/mol. The highest BCUT2D eigenvalue weighted by molar-refractivity contribution is 8.01. The fraction of sp³-hybridized carbons (Fsp3) is 0.304. The van der Waals surface area contributed by atoms with Crippen molar-refractivity contribution in [3.63, 3.8) is 0 Å². The van der Waals surface area contributed by atoms with Gasteiger partial charge in [-0.3, -0.25) is 14.8 Å². The van der Waals surface area contributed by atoms with Gasteiger partial charge in [0.15, 0.2) is 0 Å². The van der Waals surface area contributed by atoms with E-state index < -0.39 is 0 Å². The molecule has 0 spiro atoms. The third kappa shape index (κ3) is 6.18. The Balaban J connectivity index is 1.35. The summed E-state index contributed by atoms with van der Waals surface area (Å²) in [6.07, 6.45) is 7.59. The molecule has 31 heavy (non-hydrogen) atoms. The number of pyridine rings is 1. The molecule has 0 saturated heterocycles. The van der Waals surface area contributed by atoms with Crippen molar-refractivity contribution < 1.29 is 9.53 Å². The molecule has 0 bridgehead atoms. The number of carbonyl (C=O) groups excluding carboxylic acids is 1. The molecule has 1 saturated carbocycles. The quantitative estimate of drug-likeness (QED) is 0.479. The molecule has 2 heterocycles. The summed E-state index contributed by atoms with van der Waals surface area (Å²) in [6.45, 7) is 4.25. The van der Waals surface area contributed by atoms with Crippen LogP contribution in [0.5, 0.6) is 5.88 Å². The van der Waals surface area contributed by atoms with Gasteiger partial charge in [-0.05, 0) is 62.9 Å². The highest BCUT2D eigenvalue weighted by Crippen LogP contribution is 2.34. The van der Waals surface area contributed by atoms with Gasteiger partial charge in [0.25, 0.3) is 5.91 Å². The molecule has 7 nitrogen and oxygen atoms in total. The number of benzene rings is 1. The van der Waals surface area contributed by atoms with Gasteiger partial charge in [-0.25, -0.2) is 4.98 Å². The lowest BCUT2D eigenvalue weighted by molar-refractivity contribution is 0.0950. The SMILES string of the molecule is CC(C)Oc1cncc(-c2ccc(C(=O)NCc3cc(NSC4CC4)ccn3)cc2)n1. The first-order valence-electron chi connectivity index (χ1n) is 10.3. The summed E-state index contributed by atoms with van der Waals surface area (Å²) >= 11 is 1.75. The molecule has 0 radical (unpaired) electrons. The Hall–Kier alpha value is -3.13. The summed E-state index contributed by atoms with van der Waals surface area (Å²) in [7, 11) is 0. The zero-order chi connectivity index (χ0) is 21.6.